The number of hydrogen-bond acceptors (Lipinski definition) is 5. The Morgan fingerprint density at radius 2 is 0.760 bits per heavy atom. The minimum Gasteiger partial charge on any atom is -0.481 e. The van der Waals surface area contributed by atoms with Gasteiger partial charge in [-0.2, -0.15) is 0 Å². The van der Waals surface area contributed by atoms with Crippen LogP contribution in [-0.2, 0) is 38.0 Å². The maximum absolute atomic E-state index is 11.6. The molecule has 0 aliphatic heterocycles. The number of esters is 1. The van der Waals surface area contributed by atoms with Crippen molar-refractivity contribution in [3.05, 3.63) is 200 Å². The van der Waals surface area contributed by atoms with Crippen molar-refractivity contribution < 1.29 is 29.6 Å². The van der Waals surface area contributed by atoms with Crippen molar-refractivity contribution in [3.63, 3.8) is 0 Å². The van der Waals surface area contributed by atoms with E-state index >= 15 is 0 Å². The largest absolute Gasteiger partial charge is 0.481 e. The molecule has 0 aliphatic rings. The van der Waals surface area contributed by atoms with Crippen LogP contribution in [0.25, 0.3) is 34.4 Å². The van der Waals surface area contributed by atoms with Crippen molar-refractivity contribution in [2.24, 2.45) is 0 Å². The molecule has 0 heterocycles. The molecule has 3 N–H and O–H groups in total. The van der Waals surface area contributed by atoms with Gasteiger partial charge in [0.15, 0.2) is 0 Å². The van der Waals surface area contributed by atoms with E-state index in [-0.39, 0.29) is 29.6 Å². The summed E-state index contributed by atoms with van der Waals surface area (Å²) in [6.45, 7) is 25.8. The molecule has 0 unspecified atom stereocenters. The van der Waals surface area contributed by atoms with E-state index < -0.39 is 17.2 Å². The van der Waals surface area contributed by atoms with Gasteiger partial charge in [0.1, 0.15) is 0 Å². The van der Waals surface area contributed by atoms with Crippen molar-refractivity contribution in [2.75, 3.05) is 7.11 Å². The number of aryl methyl sites for hydroxylation is 4. The predicted octanol–water partition coefficient (Wildman–Crippen LogP) is 16.6. The van der Waals surface area contributed by atoms with Gasteiger partial charge in [-0.15, -0.1) is 0 Å². The monoisotopic (exact) mass is 1010 g/mol. The Balaban J connectivity index is 0.000000277. The first-order chi connectivity index (χ1) is 35.8. The van der Waals surface area contributed by atoms with Gasteiger partial charge in [0, 0.05) is 10.8 Å². The number of carbonyl (C=O) groups is 2. The summed E-state index contributed by atoms with van der Waals surface area (Å²) < 4.78 is 4.79. The number of aliphatic carboxylic acids is 1. The smallest absolute Gasteiger partial charge is 0.309 e. The molecular weight excluding hydrogens is 925 g/mol. The second-order valence-electron chi connectivity index (χ2n) is 20.8. The molecule has 6 nitrogen and oxygen atoms in total. The lowest BCUT2D eigenvalue weighted by molar-refractivity contribution is -0.140. The maximum Gasteiger partial charge on any atom is 0.309 e. The normalized spacial score (nSPS) is 12.3. The molecule has 6 heteroatoms. The zero-order chi connectivity index (χ0) is 55.1. The summed E-state index contributed by atoms with van der Waals surface area (Å²) in [5.41, 5.74) is 17.2. The van der Waals surface area contributed by atoms with Gasteiger partial charge in [-0.3, -0.25) is 9.59 Å². The predicted molar refractivity (Wildman–Crippen MR) is 315 cm³/mol. The highest BCUT2D eigenvalue weighted by Gasteiger charge is 2.33. The summed E-state index contributed by atoms with van der Waals surface area (Å²) >= 11 is 0. The van der Waals surface area contributed by atoms with Crippen molar-refractivity contribution >= 4 is 24.1 Å². The van der Waals surface area contributed by atoms with E-state index in [1.54, 1.807) is 0 Å². The number of hydrogen-bond donors (Lipinski definition) is 3. The summed E-state index contributed by atoms with van der Waals surface area (Å²) in [7, 11) is 1.42. The molecule has 6 rings (SSSR count). The van der Waals surface area contributed by atoms with Gasteiger partial charge in [-0.25, -0.2) is 0 Å². The lowest BCUT2D eigenvalue weighted by Crippen LogP contribution is -2.26. The average Bonchev–Trinajstić information content (AvgIpc) is 3.42. The number of rotatable bonds is 22. The van der Waals surface area contributed by atoms with E-state index in [1.165, 1.54) is 62.7 Å². The van der Waals surface area contributed by atoms with Crippen LogP contribution in [0.5, 0.6) is 0 Å². The fraction of sp³-hybridized carbons (Fsp3) is 0.391. The second kappa shape index (κ2) is 26.4. The Hall–Kier alpha value is -6.34. The van der Waals surface area contributed by atoms with Gasteiger partial charge in [0.05, 0.1) is 31.2 Å². The first-order valence-corrected chi connectivity index (χ1v) is 27.5. The molecule has 0 aliphatic carbocycles. The van der Waals surface area contributed by atoms with Crippen molar-refractivity contribution in [3.8, 4) is 22.3 Å². The second-order valence-corrected chi connectivity index (χ2v) is 20.8. The molecule has 75 heavy (non-hydrogen) atoms. The Bertz CT molecular complexity index is 2900. The zero-order valence-corrected chi connectivity index (χ0v) is 47.5. The third-order valence-corrected chi connectivity index (χ3v) is 16.7. The molecule has 0 spiro atoms. The van der Waals surface area contributed by atoms with Crippen LogP contribution in [-0.4, -0.2) is 45.6 Å². The molecular formula is C69H86O6. The molecule has 0 atom stereocenters. The first kappa shape index (κ1) is 59.5. The average molecular weight is 1010 g/mol. The highest BCUT2D eigenvalue weighted by Crippen LogP contribution is 2.43. The summed E-state index contributed by atoms with van der Waals surface area (Å²) in [5, 5.41) is 30.4. The Morgan fingerprint density at radius 1 is 0.440 bits per heavy atom. The van der Waals surface area contributed by atoms with E-state index in [9.17, 15) is 19.8 Å². The minimum absolute atomic E-state index is 0.0415. The van der Waals surface area contributed by atoms with E-state index in [0.717, 1.165) is 59.1 Å². The zero-order valence-electron chi connectivity index (χ0n) is 47.5. The van der Waals surface area contributed by atoms with Crippen LogP contribution in [0.1, 0.15) is 174 Å². The number of benzene rings is 6. The quantitative estimate of drug-likeness (QED) is 0.0585. The van der Waals surface area contributed by atoms with Gasteiger partial charge in [0.2, 0.25) is 0 Å². The SMILES string of the molecule is CCC(O)(/C=C/c1ccc(C(CC)(CC)c2ccc(-c3ccc(CC(=O)O)cc3)c(C)c2)cc1C)CC.CCC(O)(/C=C/c1ccc(C(CC)(CC)c2ccc(-c3ccc(CC(=O)OC)cc3)c(C)c2)cc1C)CC. The molecule has 0 bridgehead atoms. The molecule has 0 saturated carbocycles. The van der Waals surface area contributed by atoms with Gasteiger partial charge < -0.3 is 20.1 Å². The number of carboxylic acids is 1. The molecule has 6 aromatic carbocycles. The molecule has 0 aromatic heterocycles. The minimum atomic E-state index is -0.813. The van der Waals surface area contributed by atoms with Gasteiger partial charge in [0.25, 0.3) is 0 Å². The molecule has 398 valence electrons. The lowest BCUT2D eigenvalue weighted by atomic mass is 9.69. The van der Waals surface area contributed by atoms with E-state index in [1.807, 2.05) is 76.2 Å². The van der Waals surface area contributed by atoms with Crippen LogP contribution in [0.2, 0.25) is 0 Å². The standard InChI is InChI=1S/C35H44O3.C34H42O3/c1-8-34(37,9-2)21-20-28-16-17-30(22-25(28)5)35(10-3,11-4)31-18-19-32(26(6)23-31)29-14-12-27(13-15-29)24-33(36)38-7;1-7-33(37,8-2)20-19-27-15-16-29(21-24(27)5)34(9-3,10-4)30-17-18-31(25(6)22-30)28-13-11-26(12-14-28)23-32(35)36/h12-23,37H,8-11,24H2,1-7H3;11-22,37H,7-10,23H2,1-6H3,(H,35,36)/b21-20+;20-19+. The highest BCUT2D eigenvalue weighted by atomic mass is 16.5. The maximum atomic E-state index is 11.6. The molecule has 6 aromatic rings. The van der Waals surface area contributed by atoms with Crippen LogP contribution in [0.4, 0.5) is 0 Å². The highest BCUT2D eigenvalue weighted by molar-refractivity contribution is 5.74. The Morgan fingerprint density at radius 3 is 1.04 bits per heavy atom. The Labute approximate surface area is 450 Å². The summed E-state index contributed by atoms with van der Waals surface area (Å²) in [6, 6.07) is 43.2. The van der Waals surface area contributed by atoms with Crippen LogP contribution < -0.4 is 0 Å². The van der Waals surface area contributed by atoms with E-state index in [4.69, 9.17) is 9.84 Å². The third-order valence-electron chi connectivity index (χ3n) is 16.7. The topological polar surface area (TPSA) is 104 Å². The van der Waals surface area contributed by atoms with Crippen molar-refractivity contribution in [2.45, 2.75) is 169 Å². The molecule has 0 amide bonds. The van der Waals surface area contributed by atoms with Crippen molar-refractivity contribution in [1.82, 2.24) is 0 Å². The van der Waals surface area contributed by atoms with Crippen LogP contribution in [0.3, 0.4) is 0 Å². The fourth-order valence-corrected chi connectivity index (χ4v) is 10.8. The number of carbonyl (C=O) groups excluding carboxylic acids is 1. The summed E-state index contributed by atoms with van der Waals surface area (Å²) in [6.07, 6.45) is 15.2. The van der Waals surface area contributed by atoms with E-state index in [0.29, 0.717) is 25.7 Å². The first-order valence-electron chi connectivity index (χ1n) is 27.5. The van der Waals surface area contributed by atoms with E-state index in [2.05, 4.69) is 152 Å². The number of ether oxygens (including phenoxy) is 1. The number of aliphatic hydroxyl groups is 2. The third kappa shape index (κ3) is 14.1. The molecule has 0 fully saturated rings. The van der Waals surface area contributed by atoms with Crippen molar-refractivity contribution in [1.29, 1.82) is 0 Å². The molecule has 0 saturated heterocycles. The summed E-state index contributed by atoms with van der Waals surface area (Å²) in [5.74, 6) is -1.04. The van der Waals surface area contributed by atoms with Crippen LogP contribution in [0.15, 0.2) is 133 Å². The van der Waals surface area contributed by atoms with Gasteiger partial charge >= 0.3 is 11.9 Å². The lowest BCUT2D eigenvalue weighted by Gasteiger charge is -2.34. The van der Waals surface area contributed by atoms with Gasteiger partial charge in [-0.1, -0.05) is 201 Å². The Kier molecular flexibility index (Phi) is 21.0. The van der Waals surface area contributed by atoms with Crippen LogP contribution in [0, 0.1) is 27.7 Å². The number of carboxylic acid groups (broad SMARTS) is 1. The van der Waals surface area contributed by atoms with Crippen LogP contribution >= 0.6 is 0 Å². The number of methoxy groups -OCH3 is 1. The van der Waals surface area contributed by atoms with Gasteiger partial charge in [-0.05, 0) is 168 Å². The summed E-state index contributed by atoms with van der Waals surface area (Å²) in [4.78, 5) is 22.6. The fourth-order valence-electron chi connectivity index (χ4n) is 10.8. The molecule has 0 radical (unpaired) electrons.